The summed E-state index contributed by atoms with van der Waals surface area (Å²) in [5.41, 5.74) is 1.22. The molecule has 0 saturated carbocycles. The molecule has 0 unspecified atom stereocenters. The van der Waals surface area contributed by atoms with E-state index in [4.69, 9.17) is 0 Å². The lowest BCUT2D eigenvalue weighted by Crippen LogP contribution is -2.30. The summed E-state index contributed by atoms with van der Waals surface area (Å²) in [6, 6.07) is 3.28. The van der Waals surface area contributed by atoms with Crippen molar-refractivity contribution >= 4 is 29.1 Å². The Morgan fingerprint density at radius 2 is 2.30 bits per heavy atom. The Bertz CT molecular complexity index is 827. The summed E-state index contributed by atoms with van der Waals surface area (Å²) in [7, 11) is 1.77. The predicted octanol–water partition coefficient (Wildman–Crippen LogP) is 0.475. The molecule has 0 aliphatic heterocycles. The van der Waals surface area contributed by atoms with Crippen LogP contribution in [0.5, 0.6) is 0 Å². The van der Waals surface area contributed by atoms with Crippen molar-refractivity contribution in [1.29, 1.82) is 0 Å². The summed E-state index contributed by atoms with van der Waals surface area (Å²) in [5.74, 6) is 1.31. The van der Waals surface area contributed by atoms with Gasteiger partial charge in [0.25, 0.3) is 0 Å². The van der Waals surface area contributed by atoms with Crippen LogP contribution in [0.1, 0.15) is 5.82 Å². The number of carbonyl (C=O) groups excluding carboxylic acids is 1. The molecular weight excluding hydrogens is 318 g/mol. The highest BCUT2D eigenvalue weighted by molar-refractivity contribution is 7.99. The van der Waals surface area contributed by atoms with Crippen molar-refractivity contribution in [3.05, 3.63) is 24.2 Å². The first kappa shape index (κ1) is 15.2. The van der Waals surface area contributed by atoms with E-state index in [9.17, 15) is 4.79 Å². The molecule has 0 atom stereocenters. The fourth-order valence-corrected chi connectivity index (χ4v) is 2.63. The van der Waals surface area contributed by atoms with Crippen molar-refractivity contribution in [3.8, 4) is 0 Å². The van der Waals surface area contributed by atoms with Gasteiger partial charge in [0.15, 0.2) is 5.65 Å². The average Bonchev–Trinajstić information content (AvgIpc) is 3.09. The quantitative estimate of drug-likeness (QED) is 0.515. The molecule has 0 radical (unpaired) electrons. The van der Waals surface area contributed by atoms with Crippen LogP contribution in [0.4, 0.5) is 10.5 Å². The zero-order valence-electron chi connectivity index (χ0n) is 12.6. The second kappa shape index (κ2) is 6.60. The number of tetrazole rings is 1. The summed E-state index contributed by atoms with van der Waals surface area (Å²) in [6.07, 6.45) is 1.78. The number of fused-ring (bicyclic) bond motifs is 1. The maximum Gasteiger partial charge on any atom is 0.319 e. The normalized spacial score (nSPS) is 10.9. The minimum absolute atomic E-state index is 0.296. The Morgan fingerprint density at radius 1 is 1.43 bits per heavy atom. The van der Waals surface area contributed by atoms with E-state index in [0.717, 1.165) is 0 Å². The van der Waals surface area contributed by atoms with Crippen LogP contribution in [-0.2, 0) is 7.05 Å². The number of thioether (sulfide) groups is 1. The fourth-order valence-electron chi connectivity index (χ4n) is 1.93. The maximum atomic E-state index is 12.0. The van der Waals surface area contributed by atoms with Gasteiger partial charge in [-0.25, -0.2) is 19.0 Å². The van der Waals surface area contributed by atoms with Crippen molar-refractivity contribution in [2.75, 3.05) is 17.6 Å². The lowest BCUT2D eigenvalue weighted by atomic mass is 10.4. The number of urea groups is 1. The molecule has 3 aromatic heterocycles. The third-order valence-corrected chi connectivity index (χ3v) is 3.93. The van der Waals surface area contributed by atoms with Crippen molar-refractivity contribution in [2.45, 2.75) is 12.1 Å². The number of aromatic nitrogens is 7. The molecule has 0 bridgehead atoms. The van der Waals surface area contributed by atoms with Crippen molar-refractivity contribution in [3.63, 3.8) is 0 Å². The Morgan fingerprint density at radius 3 is 3.09 bits per heavy atom. The van der Waals surface area contributed by atoms with Gasteiger partial charge in [-0.3, -0.25) is 0 Å². The van der Waals surface area contributed by atoms with E-state index in [0.29, 0.717) is 34.6 Å². The van der Waals surface area contributed by atoms with Gasteiger partial charge in [0.1, 0.15) is 5.82 Å². The highest BCUT2D eigenvalue weighted by Crippen LogP contribution is 2.14. The summed E-state index contributed by atoms with van der Waals surface area (Å²) in [5, 5.41) is 21.6. The number of carbonyl (C=O) groups is 1. The number of amides is 2. The average molecular weight is 333 g/mol. The molecule has 3 heterocycles. The van der Waals surface area contributed by atoms with Gasteiger partial charge in [0.2, 0.25) is 5.16 Å². The lowest BCUT2D eigenvalue weighted by Gasteiger charge is -2.07. The molecule has 0 fully saturated rings. The van der Waals surface area contributed by atoms with Gasteiger partial charge in [-0.1, -0.05) is 11.8 Å². The molecule has 2 amide bonds. The number of nitrogens with one attached hydrogen (secondary N) is 2. The van der Waals surface area contributed by atoms with Gasteiger partial charge in [0.05, 0.1) is 5.69 Å². The second-order valence-electron chi connectivity index (χ2n) is 4.66. The lowest BCUT2D eigenvalue weighted by molar-refractivity contribution is 0.252. The number of hydrogen-bond acceptors (Lipinski definition) is 7. The van der Waals surface area contributed by atoms with Gasteiger partial charge in [-0.15, -0.1) is 5.10 Å². The summed E-state index contributed by atoms with van der Waals surface area (Å²) in [4.78, 5) is 16.2. The smallest absolute Gasteiger partial charge is 0.319 e. The zero-order chi connectivity index (χ0) is 16.2. The molecule has 120 valence electrons. The van der Waals surface area contributed by atoms with E-state index < -0.39 is 0 Å². The summed E-state index contributed by atoms with van der Waals surface area (Å²) < 4.78 is 3.21. The topological polar surface area (TPSA) is 115 Å². The van der Waals surface area contributed by atoms with Gasteiger partial charge < -0.3 is 10.6 Å². The fraction of sp³-hybridized carbons (Fsp3) is 0.333. The molecule has 3 aromatic rings. The number of hydrogen-bond donors (Lipinski definition) is 2. The van der Waals surface area contributed by atoms with Crippen LogP contribution >= 0.6 is 11.8 Å². The van der Waals surface area contributed by atoms with Crippen LogP contribution in [0.3, 0.4) is 0 Å². The van der Waals surface area contributed by atoms with E-state index >= 15 is 0 Å². The molecular formula is C12H15N9OS. The third kappa shape index (κ3) is 3.56. The van der Waals surface area contributed by atoms with Crippen molar-refractivity contribution in [1.82, 2.24) is 40.1 Å². The van der Waals surface area contributed by atoms with Crippen LogP contribution in [-0.4, -0.2) is 53.1 Å². The number of rotatable bonds is 5. The molecule has 23 heavy (non-hydrogen) atoms. The van der Waals surface area contributed by atoms with Gasteiger partial charge in [-0.2, -0.15) is 5.10 Å². The number of anilines is 1. The van der Waals surface area contributed by atoms with Crippen LogP contribution in [0, 0.1) is 6.92 Å². The predicted molar refractivity (Wildman–Crippen MR) is 84.3 cm³/mol. The molecule has 3 rings (SSSR count). The van der Waals surface area contributed by atoms with Crippen LogP contribution in [0.2, 0.25) is 0 Å². The minimum Gasteiger partial charge on any atom is -0.337 e. The first-order valence-corrected chi connectivity index (χ1v) is 7.84. The Hall–Kier alpha value is -2.69. The largest absolute Gasteiger partial charge is 0.337 e. The Labute approximate surface area is 135 Å². The second-order valence-corrected chi connectivity index (χ2v) is 5.73. The monoisotopic (exact) mass is 333 g/mol. The number of nitrogens with zero attached hydrogens (tertiary/aromatic N) is 7. The van der Waals surface area contributed by atoms with Gasteiger partial charge in [0, 0.05) is 25.5 Å². The highest BCUT2D eigenvalue weighted by Gasteiger charge is 2.09. The van der Waals surface area contributed by atoms with Crippen LogP contribution in [0.15, 0.2) is 23.5 Å². The summed E-state index contributed by atoms with van der Waals surface area (Å²) >= 11 is 1.47. The van der Waals surface area contributed by atoms with E-state index in [1.54, 1.807) is 41.5 Å². The zero-order valence-corrected chi connectivity index (χ0v) is 13.4. The Kier molecular flexibility index (Phi) is 4.37. The minimum atomic E-state index is -0.296. The molecule has 2 N–H and O–H groups in total. The first-order chi connectivity index (χ1) is 11.1. The molecule has 0 saturated heterocycles. The number of aryl methyl sites for hydroxylation is 2. The summed E-state index contributed by atoms with van der Waals surface area (Å²) in [6.45, 7) is 2.29. The van der Waals surface area contributed by atoms with E-state index in [1.807, 2.05) is 0 Å². The first-order valence-electron chi connectivity index (χ1n) is 6.85. The van der Waals surface area contributed by atoms with Crippen molar-refractivity contribution < 1.29 is 4.79 Å². The molecule has 0 aliphatic rings. The van der Waals surface area contributed by atoms with E-state index in [-0.39, 0.29) is 6.03 Å². The van der Waals surface area contributed by atoms with E-state index in [1.165, 1.54) is 11.8 Å². The SMILES string of the molecule is Cc1nc2c(NC(=O)NCCSc3nnnn3C)cccn2n1. The van der Waals surface area contributed by atoms with Crippen molar-refractivity contribution in [2.24, 2.45) is 7.05 Å². The third-order valence-electron chi connectivity index (χ3n) is 2.92. The molecule has 11 heteroatoms. The molecule has 0 spiro atoms. The molecule has 0 aromatic carbocycles. The number of pyridine rings is 1. The molecule has 0 aliphatic carbocycles. The highest BCUT2D eigenvalue weighted by atomic mass is 32.2. The van der Waals surface area contributed by atoms with Crippen LogP contribution < -0.4 is 10.6 Å². The Balaban J connectivity index is 1.52. The van der Waals surface area contributed by atoms with Crippen LogP contribution in [0.25, 0.3) is 5.65 Å². The van der Waals surface area contributed by atoms with Gasteiger partial charge >= 0.3 is 6.03 Å². The van der Waals surface area contributed by atoms with E-state index in [2.05, 4.69) is 36.2 Å². The van der Waals surface area contributed by atoms with Gasteiger partial charge in [-0.05, 0) is 29.5 Å². The standard InChI is InChI=1S/C12H15N9OS/c1-8-14-10-9(4-3-6-21(10)17-8)15-11(22)13-5-7-23-12-16-18-19-20(12)2/h3-4,6H,5,7H2,1-2H3,(H2,13,15,22). The molecule has 10 nitrogen and oxygen atoms in total. The maximum absolute atomic E-state index is 12.0.